The number of carbonyl (C=O) groups is 1. The number of carbonyl (C=O) groups excluding carboxylic acids is 1. The number of amides is 1. The van der Waals surface area contributed by atoms with Gasteiger partial charge in [0.15, 0.2) is 0 Å². The van der Waals surface area contributed by atoms with Crippen molar-refractivity contribution >= 4 is 45.0 Å². The van der Waals surface area contributed by atoms with Gasteiger partial charge in [-0.1, -0.05) is 46.1 Å². The maximum atomic E-state index is 11.6. The molecular formula is C10H10BrCl2NO. The minimum atomic E-state index is -0.192. The molecule has 1 atom stereocenters. The van der Waals surface area contributed by atoms with Crippen LogP contribution in [0.1, 0.15) is 17.3 Å². The van der Waals surface area contributed by atoms with Crippen LogP contribution in [0.3, 0.4) is 0 Å². The summed E-state index contributed by atoms with van der Waals surface area (Å²) in [6, 6.07) is 4.80. The second kappa shape index (κ2) is 5.73. The molecule has 15 heavy (non-hydrogen) atoms. The largest absolute Gasteiger partial charge is 0.351 e. The van der Waals surface area contributed by atoms with Gasteiger partial charge in [0, 0.05) is 16.4 Å². The number of hydrogen-bond donors (Lipinski definition) is 1. The van der Waals surface area contributed by atoms with E-state index in [9.17, 15) is 4.79 Å². The van der Waals surface area contributed by atoms with Gasteiger partial charge in [0.1, 0.15) is 0 Å². The Morgan fingerprint density at radius 3 is 2.73 bits per heavy atom. The van der Waals surface area contributed by atoms with Crippen molar-refractivity contribution in [1.82, 2.24) is 5.32 Å². The van der Waals surface area contributed by atoms with Gasteiger partial charge in [-0.25, -0.2) is 0 Å². The first kappa shape index (κ1) is 12.8. The fraction of sp³-hybridized carbons (Fsp3) is 0.300. The summed E-state index contributed by atoms with van der Waals surface area (Å²) in [6.45, 7) is 2.50. The lowest BCUT2D eigenvalue weighted by atomic mass is 10.2. The van der Waals surface area contributed by atoms with Crippen LogP contribution in [-0.2, 0) is 0 Å². The number of halogens is 3. The number of alkyl halides is 1. The van der Waals surface area contributed by atoms with Gasteiger partial charge in [-0.15, -0.1) is 0 Å². The van der Waals surface area contributed by atoms with Crippen LogP contribution in [0.15, 0.2) is 18.2 Å². The van der Waals surface area contributed by atoms with Crippen LogP contribution in [0.4, 0.5) is 0 Å². The Labute approximate surface area is 107 Å². The summed E-state index contributed by atoms with van der Waals surface area (Å²) in [4.78, 5) is 11.9. The smallest absolute Gasteiger partial charge is 0.252 e. The maximum absolute atomic E-state index is 11.6. The molecule has 5 heteroatoms. The van der Waals surface area contributed by atoms with Crippen molar-refractivity contribution in [3.8, 4) is 0 Å². The first-order valence-corrected chi connectivity index (χ1v) is 6.05. The molecule has 0 aromatic heterocycles. The second-order valence-electron chi connectivity index (χ2n) is 3.11. The second-order valence-corrected chi connectivity index (χ2v) is 5.52. The minimum absolute atomic E-state index is 0.192. The Kier molecular flexibility index (Phi) is 4.90. The first-order valence-electron chi connectivity index (χ1n) is 4.38. The molecule has 0 saturated heterocycles. The Morgan fingerprint density at radius 1 is 1.53 bits per heavy atom. The van der Waals surface area contributed by atoms with Gasteiger partial charge in [0.05, 0.1) is 10.6 Å². The van der Waals surface area contributed by atoms with Crippen LogP contribution < -0.4 is 5.32 Å². The summed E-state index contributed by atoms with van der Waals surface area (Å²) in [6.07, 6.45) is 0. The molecule has 82 valence electrons. The molecule has 0 radical (unpaired) electrons. The summed E-state index contributed by atoms with van der Waals surface area (Å²) >= 11 is 14.9. The Balaban J connectivity index is 2.74. The zero-order valence-electron chi connectivity index (χ0n) is 8.06. The van der Waals surface area contributed by atoms with E-state index in [0.29, 0.717) is 22.2 Å². The van der Waals surface area contributed by atoms with E-state index < -0.39 is 0 Å². The predicted molar refractivity (Wildman–Crippen MR) is 67.2 cm³/mol. The highest BCUT2D eigenvalue weighted by Crippen LogP contribution is 2.20. The standard InChI is InChI=1S/C10H10BrCl2NO/c1-6(11)5-14-10(15)8-3-2-7(12)4-9(8)13/h2-4,6H,5H2,1H3,(H,14,15). The zero-order valence-corrected chi connectivity index (χ0v) is 11.2. The SMILES string of the molecule is CC(Br)CNC(=O)c1ccc(Cl)cc1Cl. The van der Waals surface area contributed by atoms with Crippen LogP contribution in [0.5, 0.6) is 0 Å². The third-order valence-corrected chi connectivity index (χ3v) is 2.59. The van der Waals surface area contributed by atoms with Crippen LogP contribution >= 0.6 is 39.1 Å². The van der Waals surface area contributed by atoms with Crippen molar-refractivity contribution in [3.63, 3.8) is 0 Å². The monoisotopic (exact) mass is 309 g/mol. The Morgan fingerprint density at radius 2 is 2.20 bits per heavy atom. The first-order chi connectivity index (χ1) is 7.00. The third kappa shape index (κ3) is 4.01. The van der Waals surface area contributed by atoms with Gasteiger partial charge < -0.3 is 5.32 Å². The average molecular weight is 311 g/mol. The number of nitrogens with one attached hydrogen (secondary N) is 1. The summed E-state index contributed by atoms with van der Waals surface area (Å²) in [5.74, 6) is -0.192. The summed E-state index contributed by atoms with van der Waals surface area (Å²) in [5.41, 5.74) is 0.439. The van der Waals surface area contributed by atoms with Gasteiger partial charge in [-0.3, -0.25) is 4.79 Å². The summed E-state index contributed by atoms with van der Waals surface area (Å²) in [7, 11) is 0. The van der Waals surface area contributed by atoms with Crippen LogP contribution in [-0.4, -0.2) is 17.3 Å². The van der Waals surface area contributed by atoms with E-state index in [4.69, 9.17) is 23.2 Å². The van der Waals surface area contributed by atoms with E-state index in [2.05, 4.69) is 21.2 Å². The highest BCUT2D eigenvalue weighted by molar-refractivity contribution is 9.09. The molecule has 0 aliphatic rings. The normalized spacial score (nSPS) is 12.3. The molecule has 0 aliphatic carbocycles. The average Bonchev–Trinajstić information content (AvgIpc) is 2.14. The molecule has 0 aliphatic heterocycles. The topological polar surface area (TPSA) is 29.1 Å². The molecule has 0 saturated carbocycles. The molecule has 1 N–H and O–H groups in total. The summed E-state index contributed by atoms with van der Waals surface area (Å²) < 4.78 is 0. The lowest BCUT2D eigenvalue weighted by Gasteiger charge is -2.07. The number of hydrogen-bond acceptors (Lipinski definition) is 1. The molecule has 1 amide bonds. The van der Waals surface area contributed by atoms with E-state index in [0.717, 1.165) is 0 Å². The molecule has 0 heterocycles. The fourth-order valence-electron chi connectivity index (χ4n) is 1.00. The molecule has 0 spiro atoms. The van der Waals surface area contributed by atoms with Crippen LogP contribution in [0.25, 0.3) is 0 Å². The lowest BCUT2D eigenvalue weighted by Crippen LogP contribution is -2.28. The van der Waals surface area contributed by atoms with Crippen molar-refractivity contribution in [2.24, 2.45) is 0 Å². The van der Waals surface area contributed by atoms with E-state index in [1.165, 1.54) is 0 Å². The van der Waals surface area contributed by atoms with Gasteiger partial charge in [-0.2, -0.15) is 0 Å². The molecule has 0 fully saturated rings. The van der Waals surface area contributed by atoms with Crippen molar-refractivity contribution in [3.05, 3.63) is 33.8 Å². The predicted octanol–water partition coefficient (Wildman–Crippen LogP) is 3.51. The Hall–Kier alpha value is -0.250. The van der Waals surface area contributed by atoms with E-state index >= 15 is 0 Å². The van der Waals surface area contributed by atoms with Crippen LogP contribution in [0.2, 0.25) is 10.0 Å². The van der Waals surface area contributed by atoms with E-state index in [1.54, 1.807) is 18.2 Å². The van der Waals surface area contributed by atoms with E-state index in [1.807, 2.05) is 6.92 Å². The highest BCUT2D eigenvalue weighted by Gasteiger charge is 2.10. The maximum Gasteiger partial charge on any atom is 0.252 e. The number of rotatable bonds is 3. The molecule has 1 unspecified atom stereocenters. The van der Waals surface area contributed by atoms with Gasteiger partial charge in [-0.05, 0) is 18.2 Å². The molecule has 2 nitrogen and oxygen atoms in total. The summed E-state index contributed by atoms with van der Waals surface area (Å²) in [5, 5.41) is 3.63. The van der Waals surface area contributed by atoms with Gasteiger partial charge >= 0.3 is 0 Å². The number of benzene rings is 1. The Bertz CT molecular complexity index is 368. The van der Waals surface area contributed by atoms with E-state index in [-0.39, 0.29) is 10.7 Å². The zero-order chi connectivity index (χ0) is 11.4. The molecule has 1 aromatic carbocycles. The third-order valence-electron chi connectivity index (χ3n) is 1.72. The molecule has 0 bridgehead atoms. The van der Waals surface area contributed by atoms with Crippen molar-refractivity contribution < 1.29 is 4.79 Å². The lowest BCUT2D eigenvalue weighted by molar-refractivity contribution is 0.0954. The quantitative estimate of drug-likeness (QED) is 0.851. The molecule has 1 rings (SSSR count). The minimum Gasteiger partial charge on any atom is -0.351 e. The highest BCUT2D eigenvalue weighted by atomic mass is 79.9. The van der Waals surface area contributed by atoms with Crippen LogP contribution in [0, 0.1) is 0 Å². The fourth-order valence-corrected chi connectivity index (χ4v) is 1.66. The van der Waals surface area contributed by atoms with Crippen molar-refractivity contribution in [2.75, 3.05) is 6.54 Å². The van der Waals surface area contributed by atoms with Gasteiger partial charge in [0.25, 0.3) is 5.91 Å². The molecular weight excluding hydrogens is 301 g/mol. The van der Waals surface area contributed by atoms with Crippen molar-refractivity contribution in [1.29, 1.82) is 0 Å². The van der Waals surface area contributed by atoms with Gasteiger partial charge in [0.2, 0.25) is 0 Å². The van der Waals surface area contributed by atoms with Crippen molar-refractivity contribution in [2.45, 2.75) is 11.8 Å². The molecule has 1 aromatic rings.